The molecule has 1 aliphatic rings. The number of rotatable bonds is 3. The van der Waals surface area contributed by atoms with E-state index in [2.05, 4.69) is 15.7 Å². The highest BCUT2D eigenvalue weighted by Crippen LogP contribution is 2.34. The number of fused-ring (bicyclic) bond motifs is 1. The smallest absolute Gasteiger partial charge is 0.314 e. The fourth-order valence-electron chi connectivity index (χ4n) is 2.88. The van der Waals surface area contributed by atoms with Gasteiger partial charge in [-0.1, -0.05) is 30.3 Å². The Morgan fingerprint density at radius 2 is 1.78 bits per heavy atom. The van der Waals surface area contributed by atoms with E-state index in [0.717, 1.165) is 5.56 Å². The summed E-state index contributed by atoms with van der Waals surface area (Å²) < 4.78 is 25.4. The predicted octanol–water partition coefficient (Wildman–Crippen LogP) is 1.32. The van der Waals surface area contributed by atoms with E-state index in [9.17, 15) is 18.0 Å². The molecule has 2 N–H and O–H groups in total. The van der Waals surface area contributed by atoms with Gasteiger partial charge in [-0.2, -0.15) is 5.10 Å². The molecular weight excluding hydrogens is 368 g/mol. The van der Waals surface area contributed by atoms with Gasteiger partial charge in [0.25, 0.3) is 0 Å². The number of aromatic nitrogens is 2. The summed E-state index contributed by atoms with van der Waals surface area (Å²) in [6.45, 7) is 5.87. The zero-order valence-electron chi connectivity index (χ0n) is 15.4. The van der Waals surface area contributed by atoms with Crippen LogP contribution in [0.2, 0.25) is 0 Å². The number of carbonyl (C=O) groups excluding carboxylic acids is 2. The number of hydrogen-bond donors (Lipinski definition) is 2. The van der Waals surface area contributed by atoms with E-state index in [-0.39, 0.29) is 23.9 Å². The molecule has 0 unspecified atom stereocenters. The van der Waals surface area contributed by atoms with Crippen LogP contribution >= 0.6 is 0 Å². The number of anilines is 1. The van der Waals surface area contributed by atoms with Crippen LogP contribution in [-0.2, 0) is 43.0 Å². The molecule has 0 fully saturated rings. The van der Waals surface area contributed by atoms with Crippen molar-refractivity contribution in [2.45, 2.75) is 44.4 Å². The Balaban J connectivity index is 1.78. The minimum Gasteiger partial charge on any atom is -0.344 e. The quantitative estimate of drug-likeness (QED) is 0.768. The molecule has 0 saturated heterocycles. The first kappa shape index (κ1) is 19.1. The lowest BCUT2D eigenvalue weighted by Crippen LogP contribution is -2.37. The van der Waals surface area contributed by atoms with Crippen LogP contribution in [0.1, 0.15) is 37.6 Å². The molecule has 0 atom stereocenters. The highest BCUT2D eigenvalue weighted by Gasteiger charge is 2.35. The monoisotopic (exact) mass is 390 g/mol. The first-order valence-corrected chi connectivity index (χ1v) is 10.3. The molecular formula is C18H22N4O4S. The molecule has 9 heteroatoms. The topological polar surface area (TPSA) is 110 Å². The average molecular weight is 390 g/mol. The molecule has 3 rings (SSSR count). The summed E-state index contributed by atoms with van der Waals surface area (Å²) in [5, 5.41) is 9.47. The zero-order valence-corrected chi connectivity index (χ0v) is 16.3. The minimum atomic E-state index is -3.28. The lowest BCUT2D eigenvalue weighted by molar-refractivity contribution is -0.136. The number of benzene rings is 1. The average Bonchev–Trinajstić information content (AvgIpc) is 3.06. The second-order valence-electron chi connectivity index (χ2n) is 7.51. The summed E-state index contributed by atoms with van der Waals surface area (Å²) >= 11 is 0. The molecule has 2 heterocycles. The summed E-state index contributed by atoms with van der Waals surface area (Å²) in [5.41, 5.74) is 1.25. The van der Waals surface area contributed by atoms with Crippen LogP contribution in [0.15, 0.2) is 30.3 Å². The maximum Gasteiger partial charge on any atom is 0.314 e. The van der Waals surface area contributed by atoms with Crippen molar-refractivity contribution in [1.82, 2.24) is 15.1 Å². The van der Waals surface area contributed by atoms with Gasteiger partial charge in [0.2, 0.25) is 0 Å². The van der Waals surface area contributed by atoms with Gasteiger partial charge in [-0.05, 0) is 26.3 Å². The molecule has 2 aromatic rings. The Kier molecular flexibility index (Phi) is 4.81. The van der Waals surface area contributed by atoms with Crippen molar-refractivity contribution < 1.29 is 18.0 Å². The molecule has 144 valence electrons. The summed E-state index contributed by atoms with van der Waals surface area (Å²) in [5.74, 6) is -1.74. The van der Waals surface area contributed by atoms with E-state index in [1.54, 1.807) is 4.68 Å². The third-order valence-electron chi connectivity index (χ3n) is 4.16. The van der Waals surface area contributed by atoms with E-state index >= 15 is 0 Å². The van der Waals surface area contributed by atoms with Gasteiger partial charge in [0, 0.05) is 12.1 Å². The van der Waals surface area contributed by atoms with Crippen LogP contribution < -0.4 is 10.6 Å². The summed E-state index contributed by atoms with van der Waals surface area (Å²) in [7, 11) is -3.28. The van der Waals surface area contributed by atoms with Gasteiger partial charge in [0.15, 0.2) is 9.84 Å². The van der Waals surface area contributed by atoms with Crippen molar-refractivity contribution in [2.24, 2.45) is 0 Å². The molecule has 0 radical (unpaired) electrons. The lowest BCUT2D eigenvalue weighted by Gasteiger charge is -2.23. The fraction of sp³-hybridized carbons (Fsp3) is 0.389. The summed E-state index contributed by atoms with van der Waals surface area (Å²) in [4.78, 5) is 24.5. The van der Waals surface area contributed by atoms with Gasteiger partial charge in [-0.3, -0.25) is 9.59 Å². The molecule has 0 spiro atoms. The molecule has 8 nitrogen and oxygen atoms in total. The molecule has 0 aliphatic carbocycles. The molecule has 27 heavy (non-hydrogen) atoms. The van der Waals surface area contributed by atoms with Gasteiger partial charge >= 0.3 is 11.8 Å². The van der Waals surface area contributed by atoms with Gasteiger partial charge in [0.05, 0.1) is 22.7 Å². The van der Waals surface area contributed by atoms with Crippen LogP contribution in [0.5, 0.6) is 0 Å². The molecule has 0 saturated carbocycles. The molecule has 1 aliphatic heterocycles. The second kappa shape index (κ2) is 6.80. The fourth-order valence-corrected chi connectivity index (χ4v) is 4.37. The molecule has 2 amide bonds. The molecule has 1 aromatic heterocycles. The van der Waals surface area contributed by atoms with E-state index in [1.165, 1.54) is 0 Å². The van der Waals surface area contributed by atoms with E-state index in [1.807, 2.05) is 51.1 Å². The Morgan fingerprint density at radius 1 is 1.11 bits per heavy atom. The number of sulfone groups is 1. The second-order valence-corrected chi connectivity index (χ2v) is 9.58. The van der Waals surface area contributed by atoms with Gasteiger partial charge < -0.3 is 10.6 Å². The highest BCUT2D eigenvalue weighted by atomic mass is 32.2. The summed E-state index contributed by atoms with van der Waals surface area (Å²) in [6, 6.07) is 9.22. The van der Waals surface area contributed by atoms with E-state index in [4.69, 9.17) is 0 Å². The number of amides is 2. The highest BCUT2D eigenvalue weighted by molar-refractivity contribution is 7.90. The minimum absolute atomic E-state index is 0.158. The molecule has 1 aromatic carbocycles. The Labute approximate surface area is 157 Å². The van der Waals surface area contributed by atoms with Crippen LogP contribution in [0, 0.1) is 0 Å². The van der Waals surface area contributed by atoms with Gasteiger partial charge in [-0.25, -0.2) is 13.1 Å². The van der Waals surface area contributed by atoms with Crippen LogP contribution in [0.3, 0.4) is 0 Å². The van der Waals surface area contributed by atoms with Crippen molar-refractivity contribution in [2.75, 3.05) is 5.32 Å². The van der Waals surface area contributed by atoms with E-state index < -0.39 is 27.2 Å². The van der Waals surface area contributed by atoms with Crippen molar-refractivity contribution >= 4 is 27.5 Å². The van der Waals surface area contributed by atoms with E-state index in [0.29, 0.717) is 11.3 Å². The normalized spacial score (nSPS) is 15.2. The van der Waals surface area contributed by atoms with Crippen molar-refractivity contribution in [3.63, 3.8) is 0 Å². The first-order valence-electron chi connectivity index (χ1n) is 8.51. The number of nitrogens with one attached hydrogen (secondary N) is 2. The van der Waals surface area contributed by atoms with Gasteiger partial charge in [-0.15, -0.1) is 0 Å². The number of carbonyl (C=O) groups is 2. The maximum atomic E-state index is 12.4. The maximum absolute atomic E-state index is 12.4. The largest absolute Gasteiger partial charge is 0.344 e. The first-order chi connectivity index (χ1) is 12.6. The molecule has 0 bridgehead atoms. The Bertz CT molecular complexity index is 988. The summed E-state index contributed by atoms with van der Waals surface area (Å²) in [6.07, 6.45) is 0. The van der Waals surface area contributed by atoms with Crippen LogP contribution in [0.4, 0.5) is 5.82 Å². The third kappa shape index (κ3) is 4.19. The van der Waals surface area contributed by atoms with Crippen LogP contribution in [-0.4, -0.2) is 30.0 Å². The number of nitrogens with zero attached hydrogens (tertiary/aromatic N) is 2. The van der Waals surface area contributed by atoms with Crippen LogP contribution in [0.25, 0.3) is 0 Å². The SMILES string of the molecule is CC(C)(C)n1nc2c(c1NC(=O)C(=O)NCc1ccccc1)CS(=O)(=O)C2. The zero-order chi connectivity index (χ0) is 19.8. The lowest BCUT2D eigenvalue weighted by atomic mass is 10.1. The Hall–Kier alpha value is -2.68. The third-order valence-corrected chi connectivity index (χ3v) is 5.60. The van der Waals surface area contributed by atoms with Crippen molar-refractivity contribution in [3.05, 3.63) is 47.2 Å². The Morgan fingerprint density at radius 3 is 2.41 bits per heavy atom. The standard InChI is InChI=1S/C18H22N4O4S/c1-18(2,3)22-15(13-10-27(25,26)11-14(13)21-22)20-17(24)16(23)19-9-12-7-5-4-6-8-12/h4-8H,9-11H2,1-3H3,(H,19,23)(H,20,24). The van der Waals surface area contributed by atoms with Gasteiger partial charge in [0.1, 0.15) is 5.82 Å². The number of hydrogen-bond acceptors (Lipinski definition) is 5. The predicted molar refractivity (Wildman–Crippen MR) is 100 cm³/mol. The van der Waals surface area contributed by atoms with Crippen molar-refractivity contribution in [1.29, 1.82) is 0 Å². The van der Waals surface area contributed by atoms with Crippen molar-refractivity contribution in [3.8, 4) is 0 Å².